The smallest absolute Gasteiger partial charge is 0.287 e. The van der Waals surface area contributed by atoms with E-state index in [1.54, 1.807) is 6.20 Å². The molecule has 1 saturated carbocycles. The molecule has 1 fully saturated rings. The average Bonchev–Trinajstić information content (AvgIpc) is 2.92. The fourth-order valence-electron chi connectivity index (χ4n) is 3.05. The zero-order chi connectivity index (χ0) is 14.7. The minimum absolute atomic E-state index is 0.208. The highest BCUT2D eigenvalue weighted by atomic mass is 35.5. The third kappa shape index (κ3) is 2.83. The van der Waals surface area contributed by atoms with Crippen LogP contribution in [-0.4, -0.2) is 29.4 Å². The van der Waals surface area contributed by atoms with Crippen molar-refractivity contribution in [2.45, 2.75) is 45.2 Å². The first-order chi connectivity index (χ1) is 9.60. The van der Waals surface area contributed by atoms with Gasteiger partial charge in [-0.25, -0.2) is 4.68 Å². The van der Waals surface area contributed by atoms with Crippen molar-refractivity contribution in [2.24, 2.45) is 11.7 Å². The summed E-state index contributed by atoms with van der Waals surface area (Å²) in [7, 11) is 1.98. The highest BCUT2D eigenvalue weighted by Crippen LogP contribution is 2.33. The third-order valence-electron chi connectivity index (χ3n) is 4.20. The van der Waals surface area contributed by atoms with E-state index < -0.39 is 0 Å². The topological polar surface area (TPSA) is 64.2 Å². The first-order valence-corrected chi connectivity index (χ1v) is 7.66. The van der Waals surface area contributed by atoms with E-state index in [2.05, 4.69) is 10.00 Å². The number of rotatable bonds is 5. The summed E-state index contributed by atoms with van der Waals surface area (Å²) in [6.07, 6.45) is 5.96. The van der Waals surface area contributed by atoms with Gasteiger partial charge in [0, 0.05) is 19.6 Å². The minimum Gasteiger partial charge on any atom is -0.369 e. The molecule has 2 N–H and O–H groups in total. The normalized spacial score (nSPS) is 22.2. The molecule has 5 nitrogen and oxygen atoms in total. The number of nitrogens with zero attached hydrogens (tertiary/aromatic N) is 3. The van der Waals surface area contributed by atoms with Gasteiger partial charge in [-0.05, 0) is 31.7 Å². The lowest BCUT2D eigenvalue weighted by atomic mass is 10.0. The van der Waals surface area contributed by atoms with Crippen LogP contribution in [0.3, 0.4) is 0 Å². The Hall–Kier alpha value is -1.07. The highest BCUT2D eigenvalue weighted by molar-refractivity contribution is 6.33. The molecule has 1 aliphatic carbocycles. The van der Waals surface area contributed by atoms with Gasteiger partial charge in [0.05, 0.1) is 11.9 Å². The predicted molar refractivity (Wildman–Crippen MR) is 82.4 cm³/mol. The molecular weight excluding hydrogens is 276 g/mol. The summed E-state index contributed by atoms with van der Waals surface area (Å²) in [5.41, 5.74) is 6.34. The molecule has 1 aromatic heterocycles. The molecule has 2 unspecified atom stereocenters. The summed E-state index contributed by atoms with van der Waals surface area (Å²) in [5.74, 6) is 0.467. The molecule has 6 heteroatoms. The maximum atomic E-state index is 12.2. The zero-order valence-corrected chi connectivity index (χ0v) is 12.9. The number of hydrogen-bond donors (Lipinski definition) is 1. The van der Waals surface area contributed by atoms with Gasteiger partial charge in [-0.3, -0.25) is 4.79 Å². The van der Waals surface area contributed by atoms with E-state index in [0.29, 0.717) is 25.0 Å². The Bertz CT molecular complexity index is 516. The van der Waals surface area contributed by atoms with Crippen LogP contribution in [0.1, 0.15) is 32.6 Å². The van der Waals surface area contributed by atoms with Gasteiger partial charge in [0.1, 0.15) is 5.02 Å². The second-order valence-electron chi connectivity index (χ2n) is 5.48. The molecule has 0 aromatic carbocycles. The minimum atomic E-state index is -0.208. The molecule has 1 heterocycles. The van der Waals surface area contributed by atoms with Gasteiger partial charge in [-0.1, -0.05) is 24.9 Å². The first-order valence-electron chi connectivity index (χ1n) is 7.28. The van der Waals surface area contributed by atoms with Crippen LogP contribution in [0.5, 0.6) is 0 Å². The maximum Gasteiger partial charge on any atom is 0.287 e. The molecule has 20 heavy (non-hydrogen) atoms. The van der Waals surface area contributed by atoms with Gasteiger partial charge in [0.25, 0.3) is 5.56 Å². The molecule has 2 rings (SSSR count). The Balaban J connectivity index is 2.28. The second-order valence-corrected chi connectivity index (χ2v) is 5.85. The monoisotopic (exact) mass is 298 g/mol. The first kappa shape index (κ1) is 15.3. The van der Waals surface area contributed by atoms with Gasteiger partial charge >= 0.3 is 0 Å². The quantitative estimate of drug-likeness (QED) is 0.901. The van der Waals surface area contributed by atoms with E-state index in [-0.39, 0.29) is 10.6 Å². The van der Waals surface area contributed by atoms with Crippen molar-refractivity contribution < 1.29 is 0 Å². The highest BCUT2D eigenvalue weighted by Gasteiger charge is 2.31. The number of anilines is 1. The summed E-state index contributed by atoms with van der Waals surface area (Å²) in [6.45, 7) is 3.27. The van der Waals surface area contributed by atoms with Crippen LogP contribution in [0.4, 0.5) is 5.69 Å². The lowest BCUT2D eigenvalue weighted by molar-refractivity contribution is 0.472. The molecule has 112 valence electrons. The zero-order valence-electron chi connectivity index (χ0n) is 12.2. The standard InChI is InChI=1S/C14H23ClN4O/c1-3-7-19-14(20)13(15)12(9-17-19)18(2)11-6-4-5-10(11)8-16/h9-11H,3-8,16H2,1-2H3. The molecule has 0 radical (unpaired) electrons. The van der Waals surface area contributed by atoms with Crippen LogP contribution in [0.2, 0.25) is 5.02 Å². The van der Waals surface area contributed by atoms with Crippen molar-refractivity contribution in [1.29, 1.82) is 0 Å². The average molecular weight is 299 g/mol. The lowest BCUT2D eigenvalue weighted by Gasteiger charge is -2.31. The summed E-state index contributed by atoms with van der Waals surface area (Å²) in [4.78, 5) is 14.2. The number of aromatic nitrogens is 2. The molecule has 2 atom stereocenters. The fraction of sp³-hybridized carbons (Fsp3) is 0.714. The van der Waals surface area contributed by atoms with Crippen molar-refractivity contribution in [3.8, 4) is 0 Å². The second kappa shape index (κ2) is 6.59. The molecule has 0 aliphatic heterocycles. The van der Waals surface area contributed by atoms with Gasteiger partial charge in [0.2, 0.25) is 0 Å². The van der Waals surface area contributed by atoms with Gasteiger partial charge in [-0.2, -0.15) is 5.10 Å². The van der Waals surface area contributed by atoms with Crippen molar-refractivity contribution in [3.63, 3.8) is 0 Å². The van der Waals surface area contributed by atoms with E-state index in [0.717, 1.165) is 24.9 Å². The van der Waals surface area contributed by atoms with Gasteiger partial charge in [-0.15, -0.1) is 0 Å². The summed E-state index contributed by atoms with van der Waals surface area (Å²) >= 11 is 6.25. The Morgan fingerprint density at radius 3 is 2.95 bits per heavy atom. The van der Waals surface area contributed by atoms with E-state index in [4.69, 9.17) is 17.3 Å². The molecule has 0 bridgehead atoms. The van der Waals surface area contributed by atoms with Crippen molar-refractivity contribution in [1.82, 2.24) is 9.78 Å². The fourth-order valence-corrected chi connectivity index (χ4v) is 3.33. The van der Waals surface area contributed by atoms with Crippen LogP contribution in [0.25, 0.3) is 0 Å². The van der Waals surface area contributed by atoms with E-state index >= 15 is 0 Å². The Morgan fingerprint density at radius 1 is 1.55 bits per heavy atom. The van der Waals surface area contributed by atoms with Crippen LogP contribution in [0.15, 0.2) is 11.0 Å². The van der Waals surface area contributed by atoms with E-state index in [1.807, 2.05) is 14.0 Å². The van der Waals surface area contributed by atoms with Crippen LogP contribution in [-0.2, 0) is 6.54 Å². The summed E-state index contributed by atoms with van der Waals surface area (Å²) in [6, 6.07) is 0.348. The number of aryl methyl sites for hydroxylation is 1. The number of hydrogen-bond acceptors (Lipinski definition) is 4. The largest absolute Gasteiger partial charge is 0.369 e. The summed E-state index contributed by atoms with van der Waals surface area (Å²) in [5, 5.41) is 4.48. The van der Waals surface area contributed by atoms with Crippen LogP contribution >= 0.6 is 11.6 Å². The summed E-state index contributed by atoms with van der Waals surface area (Å²) < 4.78 is 1.43. The molecule has 1 aliphatic rings. The predicted octanol–water partition coefficient (Wildman–Crippen LogP) is 1.87. The van der Waals surface area contributed by atoms with Gasteiger partial charge < -0.3 is 10.6 Å². The molecule has 0 saturated heterocycles. The van der Waals surface area contributed by atoms with Crippen molar-refractivity contribution in [2.75, 3.05) is 18.5 Å². The SMILES string of the molecule is CCCn1ncc(N(C)C2CCCC2CN)c(Cl)c1=O. The van der Waals surface area contributed by atoms with Crippen LogP contribution in [0, 0.1) is 5.92 Å². The number of halogens is 1. The Labute approximate surface area is 124 Å². The molecule has 1 aromatic rings. The maximum absolute atomic E-state index is 12.2. The lowest BCUT2D eigenvalue weighted by Crippen LogP contribution is -2.39. The third-order valence-corrected chi connectivity index (χ3v) is 4.56. The van der Waals surface area contributed by atoms with Crippen molar-refractivity contribution >= 4 is 17.3 Å². The number of nitrogens with two attached hydrogens (primary N) is 1. The van der Waals surface area contributed by atoms with Crippen molar-refractivity contribution in [3.05, 3.63) is 21.6 Å². The van der Waals surface area contributed by atoms with Gasteiger partial charge in [0.15, 0.2) is 0 Å². The molecule has 0 amide bonds. The van der Waals surface area contributed by atoms with E-state index in [1.165, 1.54) is 11.1 Å². The van der Waals surface area contributed by atoms with E-state index in [9.17, 15) is 4.79 Å². The molecular formula is C14H23ClN4O. The van der Waals surface area contributed by atoms with Crippen LogP contribution < -0.4 is 16.2 Å². The Morgan fingerprint density at radius 2 is 2.30 bits per heavy atom. The molecule has 0 spiro atoms. The Kier molecular flexibility index (Phi) is 5.05.